The van der Waals surface area contributed by atoms with Crippen LogP contribution in [0.3, 0.4) is 0 Å². The minimum atomic E-state index is -1.01. The molecule has 0 heterocycles. The van der Waals surface area contributed by atoms with Crippen LogP contribution in [0.5, 0.6) is 0 Å². The van der Waals surface area contributed by atoms with E-state index in [1.54, 1.807) is 0 Å². The second-order valence-corrected chi connectivity index (χ2v) is 5.13. The molecule has 7 heteroatoms. The first kappa shape index (κ1) is 17.1. The predicted molar refractivity (Wildman–Crippen MR) is 72.1 cm³/mol. The van der Waals surface area contributed by atoms with Gasteiger partial charge in [-0.25, -0.2) is 9.59 Å². The maximum atomic E-state index is 11.4. The highest BCUT2D eigenvalue weighted by Crippen LogP contribution is 2.03. The van der Waals surface area contributed by atoms with E-state index in [4.69, 9.17) is 9.84 Å². The van der Waals surface area contributed by atoms with E-state index in [9.17, 15) is 9.59 Å². The summed E-state index contributed by atoms with van der Waals surface area (Å²) in [5, 5.41) is 13.7. The third-order valence-corrected chi connectivity index (χ3v) is 2.97. The SMILES string of the molecule is CCSCCC(C)NC(=O)NCCOCC(=O)O. The summed E-state index contributed by atoms with van der Waals surface area (Å²) in [5.41, 5.74) is 0. The van der Waals surface area contributed by atoms with Crippen LogP contribution < -0.4 is 10.6 Å². The lowest BCUT2D eigenvalue weighted by Crippen LogP contribution is -2.42. The van der Waals surface area contributed by atoms with Crippen molar-refractivity contribution < 1.29 is 19.4 Å². The van der Waals surface area contributed by atoms with Gasteiger partial charge in [0, 0.05) is 12.6 Å². The monoisotopic (exact) mass is 278 g/mol. The highest BCUT2D eigenvalue weighted by Gasteiger charge is 2.06. The standard InChI is InChI=1S/C11H22N2O4S/c1-3-18-7-4-9(2)13-11(16)12-5-6-17-8-10(14)15/h9H,3-8H2,1-2H3,(H,14,15)(H2,12,13,16). The Morgan fingerprint density at radius 1 is 1.44 bits per heavy atom. The highest BCUT2D eigenvalue weighted by atomic mass is 32.2. The number of carboxylic acid groups (broad SMARTS) is 1. The summed E-state index contributed by atoms with van der Waals surface area (Å²) in [4.78, 5) is 21.5. The zero-order valence-electron chi connectivity index (χ0n) is 10.9. The molecule has 106 valence electrons. The number of rotatable bonds is 10. The summed E-state index contributed by atoms with van der Waals surface area (Å²) in [6.45, 7) is 4.21. The number of carbonyl (C=O) groups excluding carboxylic acids is 1. The molecule has 0 fully saturated rings. The molecule has 1 atom stereocenters. The number of hydrogen-bond acceptors (Lipinski definition) is 4. The molecular weight excluding hydrogens is 256 g/mol. The van der Waals surface area contributed by atoms with E-state index in [1.165, 1.54) is 0 Å². The Morgan fingerprint density at radius 3 is 2.78 bits per heavy atom. The normalized spacial score (nSPS) is 11.9. The van der Waals surface area contributed by atoms with E-state index in [0.717, 1.165) is 17.9 Å². The van der Waals surface area contributed by atoms with Crippen LogP contribution in [-0.4, -0.2) is 54.4 Å². The molecule has 0 radical (unpaired) electrons. The number of urea groups is 1. The van der Waals surface area contributed by atoms with Gasteiger partial charge in [0.15, 0.2) is 0 Å². The first-order valence-corrected chi connectivity index (χ1v) is 7.13. The Labute approximate surface area is 112 Å². The molecule has 0 aliphatic carbocycles. The Morgan fingerprint density at radius 2 is 2.17 bits per heavy atom. The quantitative estimate of drug-likeness (QED) is 0.517. The van der Waals surface area contributed by atoms with E-state index in [2.05, 4.69) is 17.6 Å². The largest absolute Gasteiger partial charge is 0.480 e. The molecule has 3 N–H and O–H groups in total. The molecule has 0 aromatic carbocycles. The molecule has 6 nitrogen and oxygen atoms in total. The molecule has 0 aliphatic heterocycles. The van der Waals surface area contributed by atoms with Crippen molar-refractivity contribution >= 4 is 23.8 Å². The van der Waals surface area contributed by atoms with Gasteiger partial charge < -0.3 is 20.5 Å². The first-order chi connectivity index (χ1) is 8.56. The fourth-order valence-electron chi connectivity index (χ4n) is 1.15. The van der Waals surface area contributed by atoms with Gasteiger partial charge in [-0.3, -0.25) is 0 Å². The van der Waals surface area contributed by atoms with Crippen LogP contribution in [0.25, 0.3) is 0 Å². The Bertz CT molecular complexity index is 251. The summed E-state index contributed by atoms with van der Waals surface area (Å²) >= 11 is 1.84. The molecule has 1 unspecified atom stereocenters. The van der Waals surface area contributed by atoms with Crippen LogP contribution in [0.4, 0.5) is 4.79 Å². The van der Waals surface area contributed by atoms with Crippen molar-refractivity contribution in [3.05, 3.63) is 0 Å². The molecule has 0 saturated heterocycles. The van der Waals surface area contributed by atoms with E-state index in [1.807, 2.05) is 18.7 Å². The van der Waals surface area contributed by atoms with Crippen LogP contribution in [-0.2, 0) is 9.53 Å². The van der Waals surface area contributed by atoms with Gasteiger partial charge in [0.2, 0.25) is 0 Å². The van der Waals surface area contributed by atoms with Crippen molar-refractivity contribution in [3.8, 4) is 0 Å². The maximum Gasteiger partial charge on any atom is 0.329 e. The number of hydrogen-bond donors (Lipinski definition) is 3. The average molecular weight is 278 g/mol. The summed E-state index contributed by atoms with van der Waals surface area (Å²) in [5.74, 6) is 1.10. The Hall–Kier alpha value is -0.950. The molecule has 0 spiro atoms. The predicted octanol–water partition coefficient (Wildman–Crippen LogP) is 0.918. The van der Waals surface area contributed by atoms with Crippen LogP contribution >= 0.6 is 11.8 Å². The summed E-state index contributed by atoms with van der Waals surface area (Å²) in [6.07, 6.45) is 0.932. The Balaban J connectivity index is 3.43. The van der Waals surface area contributed by atoms with Crippen LogP contribution in [0.1, 0.15) is 20.3 Å². The number of carbonyl (C=O) groups is 2. The van der Waals surface area contributed by atoms with Gasteiger partial charge in [-0.05, 0) is 24.9 Å². The molecule has 0 aromatic heterocycles. The van der Waals surface area contributed by atoms with E-state index in [-0.39, 0.29) is 25.3 Å². The highest BCUT2D eigenvalue weighted by molar-refractivity contribution is 7.99. The third-order valence-electron chi connectivity index (χ3n) is 2.03. The fraction of sp³-hybridized carbons (Fsp3) is 0.818. The molecule has 0 aliphatic rings. The number of carboxylic acids is 1. The van der Waals surface area contributed by atoms with Crippen molar-refractivity contribution in [1.82, 2.24) is 10.6 Å². The fourth-order valence-corrected chi connectivity index (χ4v) is 1.96. The van der Waals surface area contributed by atoms with Gasteiger partial charge in [0.05, 0.1) is 6.61 Å². The number of aliphatic carboxylic acids is 1. The molecule has 0 aromatic rings. The zero-order chi connectivity index (χ0) is 13.8. The van der Waals surface area contributed by atoms with Crippen LogP contribution in [0, 0.1) is 0 Å². The molecule has 18 heavy (non-hydrogen) atoms. The third kappa shape index (κ3) is 11.5. The molecule has 0 bridgehead atoms. The van der Waals surface area contributed by atoms with Crippen molar-refractivity contribution in [2.45, 2.75) is 26.3 Å². The van der Waals surface area contributed by atoms with Gasteiger partial charge in [0.25, 0.3) is 0 Å². The minimum absolute atomic E-state index is 0.129. The molecule has 0 saturated carbocycles. The van der Waals surface area contributed by atoms with Crippen molar-refractivity contribution in [1.29, 1.82) is 0 Å². The summed E-state index contributed by atoms with van der Waals surface area (Å²) in [7, 11) is 0. The van der Waals surface area contributed by atoms with Crippen molar-refractivity contribution in [3.63, 3.8) is 0 Å². The Kier molecular flexibility index (Phi) is 10.6. The van der Waals surface area contributed by atoms with Crippen molar-refractivity contribution in [2.24, 2.45) is 0 Å². The van der Waals surface area contributed by atoms with Gasteiger partial charge in [-0.2, -0.15) is 11.8 Å². The second kappa shape index (κ2) is 11.2. The number of ether oxygens (including phenoxy) is 1. The topological polar surface area (TPSA) is 87.7 Å². The molecular formula is C11H22N2O4S. The van der Waals surface area contributed by atoms with E-state index < -0.39 is 5.97 Å². The number of nitrogens with one attached hydrogen (secondary N) is 2. The molecule has 0 rings (SSSR count). The zero-order valence-corrected chi connectivity index (χ0v) is 11.7. The van der Waals surface area contributed by atoms with Crippen molar-refractivity contribution in [2.75, 3.05) is 31.3 Å². The van der Waals surface area contributed by atoms with Gasteiger partial charge in [0.1, 0.15) is 6.61 Å². The summed E-state index contributed by atoms with van der Waals surface area (Å²) in [6, 6.07) is -0.119. The lowest BCUT2D eigenvalue weighted by atomic mass is 10.3. The first-order valence-electron chi connectivity index (χ1n) is 5.98. The van der Waals surface area contributed by atoms with Gasteiger partial charge in [-0.15, -0.1) is 0 Å². The molecule has 2 amide bonds. The summed E-state index contributed by atoms with van der Waals surface area (Å²) < 4.78 is 4.78. The average Bonchev–Trinajstić information content (AvgIpc) is 2.28. The lowest BCUT2D eigenvalue weighted by Gasteiger charge is -2.14. The van der Waals surface area contributed by atoms with E-state index in [0.29, 0.717) is 6.54 Å². The van der Waals surface area contributed by atoms with Crippen LogP contribution in [0.15, 0.2) is 0 Å². The smallest absolute Gasteiger partial charge is 0.329 e. The van der Waals surface area contributed by atoms with Gasteiger partial charge >= 0.3 is 12.0 Å². The maximum absolute atomic E-state index is 11.4. The minimum Gasteiger partial charge on any atom is -0.480 e. The lowest BCUT2D eigenvalue weighted by molar-refractivity contribution is -0.142. The van der Waals surface area contributed by atoms with Crippen LogP contribution in [0.2, 0.25) is 0 Å². The number of thioether (sulfide) groups is 1. The van der Waals surface area contributed by atoms with E-state index >= 15 is 0 Å². The number of amides is 2. The second-order valence-electron chi connectivity index (χ2n) is 3.73. The van der Waals surface area contributed by atoms with Gasteiger partial charge in [-0.1, -0.05) is 6.92 Å².